The van der Waals surface area contributed by atoms with Gasteiger partial charge in [-0.25, -0.2) is 9.78 Å². The standard InChI is InChI=1S/C34H49N5O6/c1-8-23(2)29(40)28(25-17-13-10-14-18-25)39-19-27(35-22-39)37-30(41)26(21-44-20-24-15-11-9-12-16-24)36-31(42)34(6,7)38-32(43)45-33(3,4)5/h9-13,15-17,19,22-23,26,28-29,40H,8,14,18,20-21H2,1-7H3,(H,36,42)(H,37,41)(H,38,43). The number of alkyl carbamates (subject to hydrolysis) is 1. The van der Waals surface area contributed by atoms with Crippen molar-refractivity contribution in [1.29, 1.82) is 0 Å². The second-order valence-corrected chi connectivity index (χ2v) is 13.0. The van der Waals surface area contributed by atoms with Gasteiger partial charge in [0, 0.05) is 6.20 Å². The van der Waals surface area contributed by atoms with Crippen LogP contribution >= 0.6 is 0 Å². The fourth-order valence-electron chi connectivity index (χ4n) is 4.78. The van der Waals surface area contributed by atoms with Gasteiger partial charge in [-0.3, -0.25) is 9.59 Å². The Morgan fingerprint density at radius 2 is 1.82 bits per heavy atom. The molecule has 1 heterocycles. The highest BCUT2D eigenvalue weighted by atomic mass is 16.6. The number of allylic oxidation sites excluding steroid dienone is 3. The molecule has 45 heavy (non-hydrogen) atoms. The number of aliphatic hydroxyl groups excluding tert-OH is 1. The van der Waals surface area contributed by atoms with E-state index in [0.29, 0.717) is 0 Å². The molecular formula is C34H49N5O6. The van der Waals surface area contributed by atoms with Crippen LogP contribution in [0.4, 0.5) is 10.6 Å². The average molecular weight is 624 g/mol. The maximum absolute atomic E-state index is 13.6. The molecular weight excluding hydrogens is 574 g/mol. The molecule has 0 spiro atoms. The van der Waals surface area contributed by atoms with Crippen LogP contribution in [0.5, 0.6) is 0 Å². The lowest BCUT2D eigenvalue weighted by atomic mass is 9.87. The second kappa shape index (κ2) is 15.9. The molecule has 4 unspecified atom stereocenters. The largest absolute Gasteiger partial charge is 0.444 e. The summed E-state index contributed by atoms with van der Waals surface area (Å²) in [5, 5.41) is 19.3. The maximum Gasteiger partial charge on any atom is 0.408 e. The molecule has 4 atom stereocenters. The number of nitrogens with zero attached hydrogens (tertiary/aromatic N) is 2. The predicted molar refractivity (Wildman–Crippen MR) is 173 cm³/mol. The zero-order valence-corrected chi connectivity index (χ0v) is 27.5. The summed E-state index contributed by atoms with van der Waals surface area (Å²) in [6, 6.07) is 8.01. The van der Waals surface area contributed by atoms with Gasteiger partial charge in [0.05, 0.1) is 31.7 Å². The van der Waals surface area contributed by atoms with Crippen molar-refractivity contribution in [2.75, 3.05) is 11.9 Å². The fraction of sp³-hybridized carbons (Fsp3) is 0.529. The van der Waals surface area contributed by atoms with Gasteiger partial charge in [0.15, 0.2) is 5.82 Å². The lowest BCUT2D eigenvalue weighted by Gasteiger charge is -2.31. The van der Waals surface area contributed by atoms with Gasteiger partial charge in [-0.15, -0.1) is 0 Å². The molecule has 0 saturated carbocycles. The van der Waals surface area contributed by atoms with Crippen LogP contribution in [0.3, 0.4) is 0 Å². The summed E-state index contributed by atoms with van der Waals surface area (Å²) in [7, 11) is 0. The Labute approximate surface area is 266 Å². The van der Waals surface area contributed by atoms with Crippen LogP contribution in [0.1, 0.15) is 79.3 Å². The molecule has 0 radical (unpaired) electrons. The quantitative estimate of drug-likeness (QED) is 0.231. The minimum Gasteiger partial charge on any atom is -0.444 e. The zero-order valence-electron chi connectivity index (χ0n) is 27.5. The summed E-state index contributed by atoms with van der Waals surface area (Å²) in [5.41, 5.74) is -0.156. The average Bonchev–Trinajstić information content (AvgIpc) is 3.43. The number of aromatic nitrogens is 2. The number of benzene rings is 1. The summed E-state index contributed by atoms with van der Waals surface area (Å²) in [4.78, 5) is 43.7. The number of imidazole rings is 1. The van der Waals surface area contributed by atoms with Crippen LogP contribution in [0, 0.1) is 5.92 Å². The van der Waals surface area contributed by atoms with Crippen molar-refractivity contribution in [2.24, 2.45) is 5.92 Å². The first kappa shape index (κ1) is 35.5. The van der Waals surface area contributed by atoms with Crippen molar-refractivity contribution in [3.05, 3.63) is 72.2 Å². The molecule has 3 rings (SSSR count). The van der Waals surface area contributed by atoms with E-state index in [9.17, 15) is 19.5 Å². The highest BCUT2D eigenvalue weighted by molar-refractivity contribution is 5.98. The van der Waals surface area contributed by atoms with Crippen molar-refractivity contribution in [3.8, 4) is 0 Å². The maximum atomic E-state index is 13.6. The van der Waals surface area contributed by atoms with Gasteiger partial charge in [0.2, 0.25) is 5.91 Å². The molecule has 246 valence electrons. The Morgan fingerprint density at radius 1 is 1.11 bits per heavy atom. The summed E-state index contributed by atoms with van der Waals surface area (Å²) < 4.78 is 13.0. The Morgan fingerprint density at radius 3 is 2.44 bits per heavy atom. The van der Waals surface area contributed by atoms with Crippen LogP contribution in [0.25, 0.3) is 0 Å². The molecule has 3 amide bonds. The number of carbonyl (C=O) groups excluding carboxylic acids is 3. The Hall–Kier alpha value is -3.96. The molecule has 1 aliphatic carbocycles. The van der Waals surface area contributed by atoms with Crippen molar-refractivity contribution in [3.63, 3.8) is 0 Å². The van der Waals surface area contributed by atoms with E-state index in [4.69, 9.17) is 9.47 Å². The van der Waals surface area contributed by atoms with Gasteiger partial charge in [0.1, 0.15) is 17.2 Å². The fourth-order valence-corrected chi connectivity index (χ4v) is 4.78. The number of aliphatic hydroxyl groups is 1. The van der Waals surface area contributed by atoms with E-state index in [1.165, 1.54) is 13.8 Å². The first-order valence-electron chi connectivity index (χ1n) is 15.5. The monoisotopic (exact) mass is 623 g/mol. The summed E-state index contributed by atoms with van der Waals surface area (Å²) >= 11 is 0. The highest BCUT2D eigenvalue weighted by Crippen LogP contribution is 2.32. The number of hydrogen-bond donors (Lipinski definition) is 4. The van der Waals surface area contributed by atoms with Crippen LogP contribution in [-0.4, -0.2) is 62.5 Å². The molecule has 1 aromatic heterocycles. The van der Waals surface area contributed by atoms with Crippen molar-refractivity contribution in [2.45, 2.75) is 104 Å². The van der Waals surface area contributed by atoms with Gasteiger partial charge < -0.3 is 35.1 Å². The van der Waals surface area contributed by atoms with E-state index in [0.717, 1.165) is 30.4 Å². The normalized spacial score (nSPS) is 16.1. The van der Waals surface area contributed by atoms with Gasteiger partial charge in [-0.05, 0) is 64.5 Å². The smallest absolute Gasteiger partial charge is 0.408 e. The van der Waals surface area contributed by atoms with Crippen LogP contribution in [0.15, 0.2) is 66.7 Å². The van der Waals surface area contributed by atoms with E-state index in [-0.39, 0.29) is 31.0 Å². The van der Waals surface area contributed by atoms with Gasteiger partial charge in [-0.1, -0.05) is 68.8 Å². The van der Waals surface area contributed by atoms with E-state index in [1.54, 1.807) is 33.3 Å². The zero-order chi connectivity index (χ0) is 33.2. The van der Waals surface area contributed by atoms with Crippen molar-refractivity contribution in [1.82, 2.24) is 20.2 Å². The van der Waals surface area contributed by atoms with Crippen molar-refractivity contribution < 1.29 is 29.0 Å². The van der Waals surface area contributed by atoms with Crippen LogP contribution in [-0.2, 0) is 25.7 Å². The molecule has 0 aliphatic heterocycles. The van der Waals surface area contributed by atoms with Gasteiger partial charge >= 0.3 is 6.09 Å². The minimum absolute atomic E-state index is 0.0428. The van der Waals surface area contributed by atoms with E-state index >= 15 is 0 Å². The lowest BCUT2D eigenvalue weighted by Crippen LogP contribution is -2.59. The summed E-state index contributed by atoms with van der Waals surface area (Å²) in [5.74, 6) is -0.840. The molecule has 0 fully saturated rings. The summed E-state index contributed by atoms with van der Waals surface area (Å²) in [6.45, 7) is 12.4. The lowest BCUT2D eigenvalue weighted by molar-refractivity contribution is -0.131. The molecule has 11 nitrogen and oxygen atoms in total. The second-order valence-electron chi connectivity index (χ2n) is 13.0. The number of carbonyl (C=O) groups is 3. The van der Waals surface area contributed by atoms with Crippen LogP contribution in [0.2, 0.25) is 0 Å². The van der Waals surface area contributed by atoms with Crippen LogP contribution < -0.4 is 16.0 Å². The van der Waals surface area contributed by atoms with E-state index < -0.39 is 41.2 Å². The minimum atomic E-state index is -1.40. The SMILES string of the molecule is CCC(C)C(O)C(C1=CC=CCC1)n1cnc(NC(=O)C(COCc2ccccc2)NC(=O)C(C)(C)NC(=O)OC(C)(C)C)c1. The number of anilines is 1. The van der Waals surface area contributed by atoms with Gasteiger partial charge in [-0.2, -0.15) is 0 Å². The number of amides is 3. The number of rotatable bonds is 14. The van der Waals surface area contributed by atoms with Gasteiger partial charge in [0.25, 0.3) is 5.91 Å². The summed E-state index contributed by atoms with van der Waals surface area (Å²) in [6.07, 6.45) is 10.5. The molecule has 11 heteroatoms. The number of nitrogens with one attached hydrogen (secondary N) is 3. The number of ether oxygens (including phenoxy) is 2. The molecule has 1 aliphatic rings. The van der Waals surface area contributed by atoms with E-state index in [1.807, 2.05) is 60.9 Å². The third-order valence-electron chi connectivity index (χ3n) is 7.55. The molecule has 0 bridgehead atoms. The first-order valence-corrected chi connectivity index (χ1v) is 15.5. The third-order valence-corrected chi connectivity index (χ3v) is 7.55. The highest BCUT2D eigenvalue weighted by Gasteiger charge is 2.35. The molecule has 0 saturated heterocycles. The molecule has 1 aromatic carbocycles. The Balaban J connectivity index is 1.78. The topological polar surface area (TPSA) is 144 Å². The van der Waals surface area contributed by atoms with E-state index in [2.05, 4.69) is 27.0 Å². The first-order chi connectivity index (χ1) is 21.2. The number of hydrogen-bond acceptors (Lipinski definition) is 7. The third kappa shape index (κ3) is 10.9. The molecule has 2 aromatic rings. The Kier molecular flexibility index (Phi) is 12.5. The predicted octanol–water partition coefficient (Wildman–Crippen LogP) is 5.05. The van der Waals surface area contributed by atoms with Crippen molar-refractivity contribution >= 4 is 23.7 Å². The molecule has 4 N–H and O–H groups in total. The Bertz CT molecular complexity index is 1340.